The molecule has 154 valence electrons. The molecule has 0 aliphatic carbocycles. The smallest absolute Gasteiger partial charge is 0.143 e. The molecule has 5 rings (SSSR count). The Bertz CT molecular complexity index is 884. The summed E-state index contributed by atoms with van der Waals surface area (Å²) in [6.07, 6.45) is 11.7. The van der Waals surface area contributed by atoms with Gasteiger partial charge in [-0.3, -0.25) is 0 Å². The first-order valence-electron chi connectivity index (χ1n) is 10.8. The Labute approximate surface area is 172 Å². The largest absolute Gasteiger partial charge is 0.497 e. The molecule has 2 aliphatic rings. The van der Waals surface area contributed by atoms with Crippen LogP contribution in [0.25, 0.3) is 22.2 Å². The second-order valence-corrected chi connectivity index (χ2v) is 7.71. The second kappa shape index (κ2) is 9.74. The molecule has 2 fully saturated rings. The van der Waals surface area contributed by atoms with Crippen molar-refractivity contribution in [2.24, 2.45) is 0 Å². The molecule has 2 aliphatic heterocycles. The van der Waals surface area contributed by atoms with Gasteiger partial charge in [-0.05, 0) is 62.9 Å². The van der Waals surface area contributed by atoms with Crippen LogP contribution >= 0.6 is 0 Å². The van der Waals surface area contributed by atoms with Gasteiger partial charge in [-0.15, -0.1) is 0 Å². The monoisotopic (exact) mass is 393 g/mol. The lowest BCUT2D eigenvalue weighted by atomic mass is 10.0. The van der Waals surface area contributed by atoms with Gasteiger partial charge in [0.25, 0.3) is 0 Å². The average Bonchev–Trinajstić information content (AvgIpc) is 3.26. The number of hydrogen-bond donors (Lipinski definition) is 2. The van der Waals surface area contributed by atoms with E-state index in [0.717, 1.165) is 46.8 Å². The molecule has 0 atom stereocenters. The molecule has 6 heteroatoms. The van der Waals surface area contributed by atoms with E-state index in [0.29, 0.717) is 0 Å². The quantitative estimate of drug-likeness (QED) is 0.691. The number of H-pyrrole nitrogens is 1. The molecule has 0 unspecified atom stereocenters. The number of ether oxygens (including phenoxy) is 1. The first-order valence-corrected chi connectivity index (χ1v) is 10.8. The van der Waals surface area contributed by atoms with Gasteiger partial charge in [-0.2, -0.15) is 0 Å². The summed E-state index contributed by atoms with van der Waals surface area (Å²) in [6, 6.07) is 8.12. The van der Waals surface area contributed by atoms with E-state index in [-0.39, 0.29) is 0 Å². The Kier molecular flexibility index (Phi) is 6.62. The number of nitrogens with zero attached hydrogens (tertiary/aromatic N) is 3. The molecule has 0 amide bonds. The highest BCUT2D eigenvalue weighted by molar-refractivity contribution is 6.01. The normalized spacial score (nSPS) is 16.9. The number of rotatable bonds is 3. The molecule has 0 spiro atoms. The Balaban J connectivity index is 0.000000294. The second-order valence-electron chi connectivity index (χ2n) is 7.71. The average molecular weight is 394 g/mol. The number of benzene rings is 1. The zero-order valence-corrected chi connectivity index (χ0v) is 17.3. The first kappa shape index (κ1) is 19.7. The summed E-state index contributed by atoms with van der Waals surface area (Å²) in [5, 5.41) is 4.40. The third-order valence-corrected chi connectivity index (χ3v) is 5.71. The van der Waals surface area contributed by atoms with Crippen molar-refractivity contribution in [3.05, 3.63) is 36.8 Å². The van der Waals surface area contributed by atoms with Crippen LogP contribution in [-0.2, 0) is 0 Å². The molecule has 2 aromatic heterocycles. The fraction of sp³-hybridized carbons (Fsp3) is 0.478. The third kappa shape index (κ3) is 4.70. The molecule has 6 nitrogen and oxygen atoms in total. The Morgan fingerprint density at radius 3 is 2.24 bits per heavy atom. The van der Waals surface area contributed by atoms with Gasteiger partial charge in [0.1, 0.15) is 23.5 Å². The van der Waals surface area contributed by atoms with Gasteiger partial charge in [0, 0.05) is 24.8 Å². The molecular weight excluding hydrogens is 362 g/mol. The predicted molar refractivity (Wildman–Crippen MR) is 119 cm³/mol. The maximum absolute atomic E-state index is 5.25. The van der Waals surface area contributed by atoms with Gasteiger partial charge >= 0.3 is 0 Å². The van der Waals surface area contributed by atoms with Crippen LogP contribution in [0.3, 0.4) is 0 Å². The number of aromatic nitrogens is 3. The summed E-state index contributed by atoms with van der Waals surface area (Å²) in [4.78, 5) is 14.7. The summed E-state index contributed by atoms with van der Waals surface area (Å²) in [7, 11) is 1.68. The van der Waals surface area contributed by atoms with Crippen LogP contribution in [0.4, 0.5) is 5.82 Å². The molecule has 0 saturated carbocycles. The van der Waals surface area contributed by atoms with Crippen molar-refractivity contribution in [3.8, 4) is 16.9 Å². The maximum Gasteiger partial charge on any atom is 0.143 e. The van der Waals surface area contributed by atoms with Crippen molar-refractivity contribution in [1.82, 2.24) is 20.3 Å². The Hall–Kier alpha value is -2.60. The van der Waals surface area contributed by atoms with E-state index in [9.17, 15) is 0 Å². The van der Waals surface area contributed by atoms with Crippen LogP contribution in [0.2, 0.25) is 0 Å². The van der Waals surface area contributed by atoms with E-state index in [1.54, 1.807) is 13.4 Å². The van der Waals surface area contributed by atoms with Gasteiger partial charge in [0.15, 0.2) is 0 Å². The number of aromatic amines is 1. The fourth-order valence-corrected chi connectivity index (χ4v) is 4.09. The third-order valence-electron chi connectivity index (χ3n) is 5.71. The van der Waals surface area contributed by atoms with Gasteiger partial charge in [-0.25, -0.2) is 9.97 Å². The van der Waals surface area contributed by atoms with Crippen molar-refractivity contribution in [1.29, 1.82) is 0 Å². The summed E-state index contributed by atoms with van der Waals surface area (Å²) in [5.74, 6) is 1.91. The predicted octanol–water partition coefficient (Wildman–Crippen LogP) is 4.38. The number of anilines is 1. The molecule has 2 saturated heterocycles. The number of fused-ring (bicyclic) bond motifs is 1. The molecule has 3 aromatic rings. The van der Waals surface area contributed by atoms with Crippen molar-refractivity contribution in [2.45, 2.75) is 38.5 Å². The minimum atomic E-state index is 0.862. The van der Waals surface area contributed by atoms with E-state index in [2.05, 4.69) is 37.3 Å². The van der Waals surface area contributed by atoms with Gasteiger partial charge in [0.05, 0.1) is 12.5 Å². The molecule has 0 radical (unpaired) electrons. The molecule has 0 bridgehead atoms. The Morgan fingerprint density at radius 1 is 0.897 bits per heavy atom. The van der Waals surface area contributed by atoms with E-state index >= 15 is 0 Å². The zero-order chi connectivity index (χ0) is 19.9. The van der Waals surface area contributed by atoms with Crippen LogP contribution < -0.4 is 15.0 Å². The van der Waals surface area contributed by atoms with Crippen LogP contribution in [-0.4, -0.2) is 48.2 Å². The minimum Gasteiger partial charge on any atom is -0.497 e. The minimum absolute atomic E-state index is 0.862. The van der Waals surface area contributed by atoms with Crippen molar-refractivity contribution in [3.63, 3.8) is 0 Å². The number of methoxy groups -OCH3 is 1. The van der Waals surface area contributed by atoms with Crippen LogP contribution in [0.5, 0.6) is 5.75 Å². The lowest BCUT2D eigenvalue weighted by Crippen LogP contribution is -2.30. The molecule has 1 aromatic carbocycles. The lowest BCUT2D eigenvalue weighted by molar-refractivity contribution is 0.415. The highest BCUT2D eigenvalue weighted by Gasteiger charge is 2.19. The Morgan fingerprint density at radius 2 is 1.62 bits per heavy atom. The summed E-state index contributed by atoms with van der Waals surface area (Å²) < 4.78 is 5.25. The van der Waals surface area contributed by atoms with Crippen molar-refractivity contribution < 1.29 is 4.74 Å². The topological polar surface area (TPSA) is 66.1 Å². The fourth-order valence-electron chi connectivity index (χ4n) is 4.09. The molecular formula is C23H31N5O. The molecule has 4 heterocycles. The van der Waals surface area contributed by atoms with Gasteiger partial charge in [-0.1, -0.05) is 18.6 Å². The van der Waals surface area contributed by atoms with E-state index in [4.69, 9.17) is 4.74 Å². The maximum atomic E-state index is 5.25. The van der Waals surface area contributed by atoms with Crippen molar-refractivity contribution >= 4 is 16.9 Å². The number of hydrogen-bond acceptors (Lipinski definition) is 5. The number of nitrogens with one attached hydrogen (secondary N) is 2. The standard InChI is InChI=1S/C18H20N4O.C5H11N/c1-23-14-7-5-13(6-8-14)15-11-19-17-16(15)18(21-12-20-17)22-9-3-2-4-10-22;1-2-4-6-5-3-1/h5-8,11-12H,2-4,9-10H2,1H3,(H,19,20,21);6H,1-5H2. The summed E-state index contributed by atoms with van der Waals surface area (Å²) in [5.41, 5.74) is 3.18. The molecule has 29 heavy (non-hydrogen) atoms. The van der Waals surface area contributed by atoms with Crippen LogP contribution in [0.1, 0.15) is 38.5 Å². The van der Waals surface area contributed by atoms with Crippen LogP contribution in [0.15, 0.2) is 36.8 Å². The van der Waals surface area contributed by atoms with Gasteiger partial charge < -0.3 is 19.9 Å². The lowest BCUT2D eigenvalue weighted by Gasteiger charge is -2.28. The van der Waals surface area contributed by atoms with Crippen LogP contribution in [0, 0.1) is 0 Å². The zero-order valence-electron chi connectivity index (χ0n) is 17.3. The summed E-state index contributed by atoms with van der Waals surface area (Å²) in [6.45, 7) is 4.64. The SMILES string of the molecule is C1CCNCC1.COc1ccc(-c2c[nH]c3ncnc(N4CCCCC4)c23)cc1. The van der Waals surface area contributed by atoms with E-state index < -0.39 is 0 Å². The van der Waals surface area contributed by atoms with E-state index in [1.165, 1.54) is 51.6 Å². The van der Waals surface area contributed by atoms with E-state index in [1.807, 2.05) is 18.3 Å². The first-order chi connectivity index (χ1) is 14.4. The van der Waals surface area contributed by atoms with Crippen molar-refractivity contribution in [2.75, 3.05) is 38.2 Å². The highest BCUT2D eigenvalue weighted by Crippen LogP contribution is 2.35. The number of piperidine rings is 2. The summed E-state index contributed by atoms with van der Waals surface area (Å²) >= 11 is 0. The highest BCUT2D eigenvalue weighted by atomic mass is 16.5. The van der Waals surface area contributed by atoms with Gasteiger partial charge in [0.2, 0.25) is 0 Å². The molecule has 2 N–H and O–H groups in total.